The number of amides is 2. The van der Waals surface area contributed by atoms with E-state index in [2.05, 4.69) is 29.4 Å². The Labute approximate surface area is 188 Å². The van der Waals surface area contributed by atoms with E-state index in [1.807, 2.05) is 43.2 Å². The van der Waals surface area contributed by atoms with Crippen LogP contribution >= 0.6 is 11.3 Å². The van der Waals surface area contributed by atoms with Gasteiger partial charge in [-0.2, -0.15) is 0 Å². The summed E-state index contributed by atoms with van der Waals surface area (Å²) in [6, 6.07) is 8.28. The summed E-state index contributed by atoms with van der Waals surface area (Å²) in [7, 11) is 0. The van der Waals surface area contributed by atoms with Gasteiger partial charge >= 0.3 is 6.09 Å². The van der Waals surface area contributed by atoms with Gasteiger partial charge in [-0.25, -0.2) is 9.78 Å². The van der Waals surface area contributed by atoms with Crippen molar-refractivity contribution in [2.45, 2.75) is 52.6 Å². The van der Waals surface area contributed by atoms with E-state index in [1.165, 1.54) is 16.9 Å². The number of aryl methyl sites for hydroxylation is 1. The zero-order chi connectivity index (χ0) is 22.4. The molecule has 0 spiro atoms. The molecular weight excluding hydrogens is 412 g/mol. The monoisotopic (exact) mass is 444 g/mol. The molecule has 0 atom stereocenters. The zero-order valence-electron chi connectivity index (χ0n) is 18.8. The highest BCUT2D eigenvalue weighted by molar-refractivity contribution is 7.13. The van der Waals surface area contributed by atoms with E-state index in [-0.39, 0.29) is 18.4 Å². The molecule has 0 unspecified atom stereocenters. The van der Waals surface area contributed by atoms with E-state index in [0.29, 0.717) is 26.2 Å². The maximum absolute atomic E-state index is 12.8. The minimum absolute atomic E-state index is 0.0372. The fraction of sp³-hybridized carbons (Fsp3) is 0.522. The topological polar surface area (TPSA) is 74.8 Å². The lowest BCUT2D eigenvalue weighted by Crippen LogP contribution is -2.40. The minimum atomic E-state index is -0.521. The Kier molecular flexibility index (Phi) is 7.54. The second-order valence-electron chi connectivity index (χ2n) is 8.70. The lowest BCUT2D eigenvalue weighted by molar-refractivity contribution is -0.130. The van der Waals surface area contributed by atoms with Crippen molar-refractivity contribution < 1.29 is 14.3 Å². The molecule has 1 aromatic heterocycles. The molecule has 1 fully saturated rings. The molecule has 1 aromatic carbocycles. The van der Waals surface area contributed by atoms with Gasteiger partial charge < -0.3 is 19.9 Å². The van der Waals surface area contributed by atoms with Crippen LogP contribution in [0.5, 0.6) is 0 Å². The van der Waals surface area contributed by atoms with Gasteiger partial charge in [0.2, 0.25) is 5.91 Å². The van der Waals surface area contributed by atoms with Gasteiger partial charge in [0.1, 0.15) is 5.60 Å². The van der Waals surface area contributed by atoms with Crippen molar-refractivity contribution in [2.75, 3.05) is 31.5 Å². The van der Waals surface area contributed by atoms with Crippen molar-refractivity contribution in [3.05, 3.63) is 40.9 Å². The minimum Gasteiger partial charge on any atom is -0.444 e. The lowest BCUT2D eigenvalue weighted by atomic mass is 10.1. The Morgan fingerprint density at radius 2 is 1.77 bits per heavy atom. The van der Waals surface area contributed by atoms with Crippen LogP contribution in [-0.2, 0) is 22.4 Å². The first-order valence-corrected chi connectivity index (χ1v) is 11.7. The standard InChI is InChI=1S/C23H32N4O3S/c1-5-17-7-9-18(10-8-17)24-21-25-19(16-31-21)15-20(28)26-11-6-12-27(14-13-26)22(29)30-23(2,3)4/h7-10,16H,5-6,11-15H2,1-4H3,(H,24,25). The maximum atomic E-state index is 12.8. The fourth-order valence-electron chi connectivity index (χ4n) is 3.34. The van der Waals surface area contributed by atoms with Crippen molar-refractivity contribution in [1.82, 2.24) is 14.8 Å². The predicted octanol–water partition coefficient (Wildman–Crippen LogP) is 4.46. The smallest absolute Gasteiger partial charge is 0.410 e. The van der Waals surface area contributed by atoms with Crippen LogP contribution < -0.4 is 5.32 Å². The second kappa shape index (κ2) is 10.1. The number of carbonyl (C=O) groups excluding carboxylic acids is 2. The predicted molar refractivity (Wildman–Crippen MR) is 124 cm³/mol. The number of ether oxygens (including phenoxy) is 1. The van der Waals surface area contributed by atoms with E-state index in [9.17, 15) is 9.59 Å². The van der Waals surface area contributed by atoms with E-state index >= 15 is 0 Å². The SMILES string of the molecule is CCc1ccc(Nc2nc(CC(=O)N3CCCN(C(=O)OC(C)(C)C)CC3)cs2)cc1. The number of anilines is 2. The first-order valence-electron chi connectivity index (χ1n) is 10.8. The third-order valence-electron chi connectivity index (χ3n) is 5.00. The number of benzene rings is 1. The normalized spacial score (nSPS) is 14.8. The Morgan fingerprint density at radius 3 is 2.45 bits per heavy atom. The van der Waals surface area contributed by atoms with Gasteiger partial charge in [-0.05, 0) is 51.3 Å². The molecule has 0 bridgehead atoms. The number of carbonyl (C=O) groups is 2. The summed E-state index contributed by atoms with van der Waals surface area (Å²) in [4.78, 5) is 33.2. The quantitative estimate of drug-likeness (QED) is 0.737. The molecule has 0 aliphatic carbocycles. The number of aromatic nitrogens is 1. The molecule has 1 N–H and O–H groups in total. The molecule has 2 aromatic rings. The van der Waals surface area contributed by atoms with Gasteiger partial charge in [0.25, 0.3) is 0 Å². The molecule has 0 saturated carbocycles. The van der Waals surface area contributed by atoms with Gasteiger partial charge in [0, 0.05) is 37.2 Å². The van der Waals surface area contributed by atoms with Gasteiger partial charge in [0.05, 0.1) is 12.1 Å². The highest BCUT2D eigenvalue weighted by Crippen LogP contribution is 2.22. The summed E-state index contributed by atoms with van der Waals surface area (Å²) in [5.74, 6) is 0.0372. The van der Waals surface area contributed by atoms with Crippen LogP contribution in [0.1, 0.15) is 45.4 Å². The molecule has 2 amide bonds. The molecular formula is C23H32N4O3S. The fourth-order valence-corrected chi connectivity index (χ4v) is 4.07. The maximum Gasteiger partial charge on any atom is 0.410 e. The van der Waals surface area contributed by atoms with Gasteiger partial charge in [-0.3, -0.25) is 4.79 Å². The third kappa shape index (κ3) is 6.95. The van der Waals surface area contributed by atoms with E-state index in [1.54, 1.807) is 4.90 Å². The molecule has 2 heterocycles. The number of nitrogens with zero attached hydrogens (tertiary/aromatic N) is 3. The van der Waals surface area contributed by atoms with Crippen LogP contribution in [0.3, 0.4) is 0 Å². The average molecular weight is 445 g/mol. The molecule has 1 aliphatic heterocycles. The largest absolute Gasteiger partial charge is 0.444 e. The first kappa shape index (κ1) is 23.1. The van der Waals surface area contributed by atoms with Crippen molar-refractivity contribution in [2.24, 2.45) is 0 Å². The van der Waals surface area contributed by atoms with Crippen LogP contribution in [0, 0.1) is 0 Å². The highest BCUT2D eigenvalue weighted by atomic mass is 32.1. The Hall–Kier alpha value is -2.61. The molecule has 31 heavy (non-hydrogen) atoms. The summed E-state index contributed by atoms with van der Waals surface area (Å²) in [5, 5.41) is 6.00. The molecule has 168 valence electrons. The van der Waals surface area contributed by atoms with E-state index < -0.39 is 5.60 Å². The van der Waals surface area contributed by atoms with Crippen LogP contribution in [0.4, 0.5) is 15.6 Å². The van der Waals surface area contributed by atoms with Gasteiger partial charge in [0.15, 0.2) is 5.13 Å². The number of rotatable bonds is 5. The van der Waals surface area contributed by atoms with Crippen molar-refractivity contribution >= 4 is 34.2 Å². The molecule has 7 nitrogen and oxygen atoms in total. The molecule has 1 saturated heterocycles. The summed E-state index contributed by atoms with van der Waals surface area (Å²) < 4.78 is 5.46. The van der Waals surface area contributed by atoms with E-state index in [0.717, 1.165) is 29.4 Å². The summed E-state index contributed by atoms with van der Waals surface area (Å²) >= 11 is 1.49. The number of nitrogens with one attached hydrogen (secondary N) is 1. The summed E-state index contributed by atoms with van der Waals surface area (Å²) in [6.07, 6.45) is 1.70. The number of hydrogen-bond acceptors (Lipinski definition) is 6. The molecule has 0 radical (unpaired) electrons. The Balaban J connectivity index is 1.51. The third-order valence-corrected chi connectivity index (χ3v) is 5.80. The second-order valence-corrected chi connectivity index (χ2v) is 9.56. The Bertz CT molecular complexity index is 889. The lowest BCUT2D eigenvalue weighted by Gasteiger charge is -2.26. The number of hydrogen-bond donors (Lipinski definition) is 1. The number of thiazole rings is 1. The van der Waals surface area contributed by atoms with Gasteiger partial charge in [-0.1, -0.05) is 19.1 Å². The summed E-state index contributed by atoms with van der Waals surface area (Å²) in [6.45, 7) is 9.93. The molecule has 8 heteroatoms. The van der Waals surface area contributed by atoms with Crippen molar-refractivity contribution in [1.29, 1.82) is 0 Å². The van der Waals surface area contributed by atoms with Crippen LogP contribution in [0.2, 0.25) is 0 Å². The average Bonchev–Trinajstić information content (AvgIpc) is 2.99. The van der Waals surface area contributed by atoms with Crippen molar-refractivity contribution in [3.8, 4) is 0 Å². The van der Waals surface area contributed by atoms with Gasteiger partial charge in [-0.15, -0.1) is 11.3 Å². The highest BCUT2D eigenvalue weighted by Gasteiger charge is 2.26. The van der Waals surface area contributed by atoms with E-state index in [4.69, 9.17) is 4.74 Å². The Morgan fingerprint density at radius 1 is 1.10 bits per heavy atom. The first-order chi connectivity index (χ1) is 14.7. The van der Waals surface area contributed by atoms with Crippen LogP contribution in [0.15, 0.2) is 29.6 Å². The zero-order valence-corrected chi connectivity index (χ0v) is 19.6. The van der Waals surface area contributed by atoms with Crippen LogP contribution in [0.25, 0.3) is 0 Å². The summed E-state index contributed by atoms with van der Waals surface area (Å²) in [5.41, 5.74) is 2.52. The molecule has 3 rings (SSSR count). The van der Waals surface area contributed by atoms with Crippen LogP contribution in [-0.4, -0.2) is 58.6 Å². The molecule has 1 aliphatic rings. The van der Waals surface area contributed by atoms with Crippen molar-refractivity contribution in [3.63, 3.8) is 0 Å².